The van der Waals surface area contributed by atoms with E-state index in [-0.39, 0.29) is 5.88 Å². The largest absolute Gasteiger partial charge is 0.493 e. The van der Waals surface area contributed by atoms with E-state index in [0.717, 1.165) is 11.3 Å². The number of fused-ring (bicyclic) bond motifs is 1. The van der Waals surface area contributed by atoms with E-state index in [0.29, 0.717) is 22.6 Å². The number of anilines is 1. The van der Waals surface area contributed by atoms with Crippen molar-refractivity contribution in [2.45, 2.75) is 6.18 Å². The van der Waals surface area contributed by atoms with Crippen LogP contribution >= 0.6 is 0 Å². The van der Waals surface area contributed by atoms with Crippen LogP contribution in [0.3, 0.4) is 0 Å². The lowest BCUT2D eigenvalue weighted by Crippen LogP contribution is -2.36. The summed E-state index contributed by atoms with van der Waals surface area (Å²) in [7, 11) is 0. The summed E-state index contributed by atoms with van der Waals surface area (Å²) in [5, 5.41) is 13.7. The summed E-state index contributed by atoms with van der Waals surface area (Å²) in [4.78, 5) is 20.2. The van der Waals surface area contributed by atoms with Crippen molar-refractivity contribution in [3.05, 3.63) is 67.0 Å². The Morgan fingerprint density at radius 1 is 1.06 bits per heavy atom. The van der Waals surface area contributed by atoms with E-state index >= 15 is 0 Å². The summed E-state index contributed by atoms with van der Waals surface area (Å²) in [6.45, 7) is -1.41. The van der Waals surface area contributed by atoms with Crippen LogP contribution in [-0.4, -0.2) is 38.2 Å². The number of halogens is 3. The minimum Gasteiger partial charge on any atom is -0.493 e. The van der Waals surface area contributed by atoms with Gasteiger partial charge < -0.3 is 15.7 Å². The first-order valence-electron chi connectivity index (χ1n) is 9.14. The molecule has 7 nitrogen and oxygen atoms in total. The Kier molecular flexibility index (Phi) is 5.20. The molecule has 0 aliphatic rings. The van der Waals surface area contributed by atoms with Crippen molar-refractivity contribution in [2.75, 3.05) is 11.9 Å². The molecule has 4 aromatic rings. The van der Waals surface area contributed by atoms with Gasteiger partial charge in [-0.1, -0.05) is 18.2 Å². The maximum Gasteiger partial charge on any atom is 0.405 e. The van der Waals surface area contributed by atoms with E-state index in [9.17, 15) is 23.1 Å². The molecule has 0 radical (unpaired) electrons. The van der Waals surface area contributed by atoms with Crippen molar-refractivity contribution < 1.29 is 23.1 Å². The van der Waals surface area contributed by atoms with E-state index in [1.54, 1.807) is 54.1 Å². The number of nitrogens with one attached hydrogen (secondary N) is 2. The SMILES string of the molecule is O=C(NCC(F)(F)F)Nc1cccc(-c2cnc3cc(-c4cccc(O)n4)ccn23)c1. The van der Waals surface area contributed by atoms with Crippen LogP contribution in [-0.2, 0) is 0 Å². The molecule has 0 bridgehead atoms. The second-order valence-corrected chi connectivity index (χ2v) is 6.67. The number of carbonyl (C=O) groups excluding carboxylic acids is 1. The molecule has 3 heterocycles. The lowest BCUT2D eigenvalue weighted by Gasteiger charge is -2.11. The van der Waals surface area contributed by atoms with Gasteiger partial charge in [0.2, 0.25) is 5.88 Å². The highest BCUT2D eigenvalue weighted by Gasteiger charge is 2.27. The predicted octanol–water partition coefficient (Wildman–Crippen LogP) is 4.45. The number of hydrogen-bond donors (Lipinski definition) is 3. The first-order valence-corrected chi connectivity index (χ1v) is 9.14. The molecular weight excluding hydrogens is 411 g/mol. The number of aromatic nitrogens is 3. The maximum absolute atomic E-state index is 12.2. The normalized spacial score (nSPS) is 11.5. The number of pyridine rings is 2. The highest BCUT2D eigenvalue weighted by molar-refractivity contribution is 5.90. The number of benzene rings is 1. The van der Waals surface area contributed by atoms with Crippen molar-refractivity contribution in [2.24, 2.45) is 0 Å². The van der Waals surface area contributed by atoms with Gasteiger partial charge in [-0.15, -0.1) is 0 Å². The van der Waals surface area contributed by atoms with E-state index in [2.05, 4.69) is 15.3 Å². The first-order chi connectivity index (χ1) is 14.8. The van der Waals surface area contributed by atoms with Gasteiger partial charge in [-0.25, -0.2) is 14.8 Å². The van der Waals surface area contributed by atoms with Crippen LogP contribution in [0, 0.1) is 0 Å². The van der Waals surface area contributed by atoms with Crippen LogP contribution in [0.15, 0.2) is 67.0 Å². The fraction of sp³-hybridized carbons (Fsp3) is 0.0952. The molecule has 0 fully saturated rings. The molecule has 31 heavy (non-hydrogen) atoms. The molecule has 0 saturated carbocycles. The summed E-state index contributed by atoms with van der Waals surface area (Å²) in [6, 6.07) is 14.3. The van der Waals surface area contributed by atoms with Crippen LogP contribution in [0.4, 0.5) is 23.7 Å². The molecule has 4 rings (SSSR count). The first kappa shape index (κ1) is 20.2. The van der Waals surface area contributed by atoms with Gasteiger partial charge >= 0.3 is 12.2 Å². The van der Waals surface area contributed by atoms with E-state index < -0.39 is 18.8 Å². The van der Waals surface area contributed by atoms with Crippen LogP contribution < -0.4 is 10.6 Å². The number of urea groups is 1. The summed E-state index contributed by atoms with van der Waals surface area (Å²) >= 11 is 0. The molecule has 0 aliphatic carbocycles. The Balaban J connectivity index is 1.58. The van der Waals surface area contributed by atoms with Crippen LogP contribution in [0.2, 0.25) is 0 Å². The number of alkyl halides is 3. The van der Waals surface area contributed by atoms with Crippen molar-refractivity contribution in [1.82, 2.24) is 19.7 Å². The van der Waals surface area contributed by atoms with E-state index in [1.165, 1.54) is 6.07 Å². The molecule has 1 aromatic carbocycles. The monoisotopic (exact) mass is 427 g/mol. The van der Waals surface area contributed by atoms with Gasteiger partial charge in [0.25, 0.3) is 0 Å². The second kappa shape index (κ2) is 7.98. The molecular formula is C21H16F3N5O2. The average molecular weight is 427 g/mol. The molecule has 3 N–H and O–H groups in total. The van der Waals surface area contributed by atoms with Crippen LogP contribution in [0.5, 0.6) is 5.88 Å². The number of imidazole rings is 1. The third-order valence-corrected chi connectivity index (χ3v) is 4.41. The third kappa shape index (κ3) is 4.74. The topological polar surface area (TPSA) is 91.5 Å². The second-order valence-electron chi connectivity index (χ2n) is 6.67. The zero-order valence-corrected chi connectivity index (χ0v) is 15.9. The molecule has 3 aromatic heterocycles. The zero-order chi connectivity index (χ0) is 22.0. The number of hydrogen-bond acceptors (Lipinski definition) is 4. The van der Waals surface area contributed by atoms with Crippen molar-refractivity contribution in [3.63, 3.8) is 0 Å². The van der Waals surface area contributed by atoms with E-state index in [1.807, 2.05) is 16.5 Å². The quantitative estimate of drug-likeness (QED) is 0.449. The Labute approximate surface area is 174 Å². The smallest absolute Gasteiger partial charge is 0.405 e. The van der Waals surface area contributed by atoms with Gasteiger partial charge in [0.05, 0.1) is 17.6 Å². The van der Waals surface area contributed by atoms with Gasteiger partial charge in [0, 0.05) is 29.1 Å². The molecule has 158 valence electrons. The minimum atomic E-state index is -4.48. The zero-order valence-electron chi connectivity index (χ0n) is 15.9. The Bertz CT molecular complexity index is 1250. The van der Waals surface area contributed by atoms with Gasteiger partial charge in [-0.05, 0) is 30.3 Å². The summed E-state index contributed by atoms with van der Waals surface area (Å²) in [5.74, 6) is -0.0787. The van der Waals surface area contributed by atoms with Crippen LogP contribution in [0.1, 0.15) is 0 Å². The fourth-order valence-electron chi connectivity index (χ4n) is 3.05. The number of carbonyl (C=O) groups is 1. The van der Waals surface area contributed by atoms with Gasteiger partial charge in [0.1, 0.15) is 12.2 Å². The average Bonchev–Trinajstić information content (AvgIpc) is 3.15. The lowest BCUT2D eigenvalue weighted by molar-refractivity contribution is -0.122. The molecule has 2 amide bonds. The Hall–Kier alpha value is -4.08. The van der Waals surface area contributed by atoms with Gasteiger partial charge in [0.15, 0.2) is 0 Å². The van der Waals surface area contributed by atoms with Gasteiger partial charge in [-0.2, -0.15) is 13.2 Å². The number of rotatable bonds is 4. The Morgan fingerprint density at radius 2 is 1.87 bits per heavy atom. The van der Waals surface area contributed by atoms with Crippen molar-refractivity contribution >= 4 is 17.4 Å². The minimum absolute atomic E-state index is 0.0787. The van der Waals surface area contributed by atoms with E-state index in [4.69, 9.17) is 0 Å². The molecule has 0 unspecified atom stereocenters. The fourth-order valence-corrected chi connectivity index (χ4v) is 3.05. The summed E-state index contributed by atoms with van der Waals surface area (Å²) in [5.41, 5.74) is 3.79. The van der Waals surface area contributed by atoms with Gasteiger partial charge in [-0.3, -0.25) is 4.40 Å². The molecule has 0 saturated heterocycles. The number of nitrogens with zero attached hydrogens (tertiary/aromatic N) is 3. The lowest BCUT2D eigenvalue weighted by atomic mass is 10.1. The number of amides is 2. The predicted molar refractivity (Wildman–Crippen MR) is 109 cm³/mol. The number of aromatic hydroxyl groups is 1. The maximum atomic E-state index is 12.2. The molecule has 0 atom stereocenters. The van der Waals surface area contributed by atoms with Crippen molar-refractivity contribution in [3.8, 4) is 28.4 Å². The highest BCUT2D eigenvalue weighted by atomic mass is 19.4. The molecule has 0 spiro atoms. The van der Waals surface area contributed by atoms with Crippen molar-refractivity contribution in [1.29, 1.82) is 0 Å². The highest BCUT2D eigenvalue weighted by Crippen LogP contribution is 2.26. The standard InChI is InChI=1S/C21H16F3N5O2/c22-21(23,24)12-26-20(31)27-15-4-1-3-14(9-15)17-11-25-18-10-13(7-8-29(17)18)16-5-2-6-19(30)28-16/h1-11H,12H2,(H,28,30)(H2,26,27,31). The third-order valence-electron chi connectivity index (χ3n) is 4.41. The molecule has 10 heteroatoms. The van der Waals surface area contributed by atoms with Crippen LogP contribution in [0.25, 0.3) is 28.2 Å². The Morgan fingerprint density at radius 3 is 2.65 bits per heavy atom. The molecule has 0 aliphatic heterocycles. The summed E-state index contributed by atoms with van der Waals surface area (Å²) in [6.07, 6.45) is -1.03. The summed E-state index contributed by atoms with van der Waals surface area (Å²) < 4.78 is 38.6.